The van der Waals surface area contributed by atoms with Gasteiger partial charge in [0.2, 0.25) is 0 Å². The highest BCUT2D eigenvalue weighted by Crippen LogP contribution is 2.26. The first-order valence-corrected chi connectivity index (χ1v) is 5.50. The average molecular weight is 271 g/mol. The maximum absolute atomic E-state index is 11.2. The minimum atomic E-state index is -0.452. The van der Waals surface area contributed by atoms with Crippen LogP contribution in [0.3, 0.4) is 0 Å². The lowest BCUT2D eigenvalue weighted by atomic mass is 10.3. The molecule has 4 nitrogen and oxygen atoms in total. The second-order valence-electron chi connectivity index (χ2n) is 3.39. The molecule has 17 heavy (non-hydrogen) atoms. The van der Waals surface area contributed by atoms with Gasteiger partial charge in [-0.15, -0.1) is 0 Å². The van der Waals surface area contributed by atoms with Crippen molar-refractivity contribution in [3.63, 3.8) is 0 Å². The number of aromatic nitrogens is 1. The van der Waals surface area contributed by atoms with Crippen LogP contribution in [0.25, 0.3) is 0 Å². The third-order valence-electron chi connectivity index (χ3n) is 2.17. The van der Waals surface area contributed by atoms with Crippen molar-refractivity contribution in [2.45, 2.75) is 6.92 Å². The van der Waals surface area contributed by atoms with Crippen LogP contribution in [-0.2, 0) is 0 Å². The first kappa shape index (κ1) is 12.0. The summed E-state index contributed by atoms with van der Waals surface area (Å²) in [4.78, 5) is 15.4. The van der Waals surface area contributed by atoms with E-state index in [-0.39, 0.29) is 0 Å². The third-order valence-corrected chi connectivity index (χ3v) is 2.91. The van der Waals surface area contributed by atoms with Gasteiger partial charge >= 0.3 is 5.63 Å². The highest BCUT2D eigenvalue weighted by molar-refractivity contribution is 6.42. The molecule has 0 bridgehead atoms. The molecule has 0 radical (unpaired) electrons. The second kappa shape index (κ2) is 4.77. The Morgan fingerprint density at radius 2 is 2.12 bits per heavy atom. The summed E-state index contributed by atoms with van der Waals surface area (Å²) < 4.78 is 4.61. The zero-order chi connectivity index (χ0) is 12.4. The Morgan fingerprint density at radius 3 is 2.71 bits per heavy atom. The van der Waals surface area contributed by atoms with Crippen molar-refractivity contribution in [2.75, 3.05) is 0 Å². The quantitative estimate of drug-likeness (QED) is 0.851. The van der Waals surface area contributed by atoms with Crippen LogP contribution in [0.5, 0.6) is 0 Å². The molecular weight excluding hydrogens is 263 g/mol. The van der Waals surface area contributed by atoms with Crippen molar-refractivity contribution < 1.29 is 4.52 Å². The maximum Gasteiger partial charge on any atom is 0.366 e. The summed E-state index contributed by atoms with van der Waals surface area (Å²) in [7, 11) is 0. The molecule has 1 N–H and O–H groups in total. The smallest absolute Gasteiger partial charge is 0.338 e. The Balaban J connectivity index is 2.32. The molecule has 1 aromatic carbocycles. The maximum atomic E-state index is 11.2. The summed E-state index contributed by atoms with van der Waals surface area (Å²) in [6.45, 7) is 1.72. The normalized spacial score (nSPS) is 11.2. The first-order valence-electron chi connectivity index (χ1n) is 4.75. The summed E-state index contributed by atoms with van der Waals surface area (Å²) in [6, 6.07) is 4.96. The second-order valence-corrected chi connectivity index (χ2v) is 4.20. The predicted molar refractivity (Wildman–Crippen MR) is 67.8 cm³/mol. The van der Waals surface area contributed by atoms with Gasteiger partial charge in [-0.3, -0.25) is 4.99 Å². The van der Waals surface area contributed by atoms with E-state index in [1.807, 2.05) is 0 Å². The molecule has 0 saturated heterocycles. The van der Waals surface area contributed by atoms with Crippen LogP contribution >= 0.6 is 23.2 Å². The Morgan fingerprint density at radius 1 is 1.35 bits per heavy atom. The van der Waals surface area contributed by atoms with E-state index in [1.54, 1.807) is 25.1 Å². The number of aromatic amines is 1. The zero-order valence-electron chi connectivity index (χ0n) is 8.83. The Labute approximate surface area is 107 Å². The molecule has 88 valence electrons. The van der Waals surface area contributed by atoms with E-state index in [0.29, 0.717) is 27.0 Å². The van der Waals surface area contributed by atoms with Gasteiger partial charge in [0.25, 0.3) is 0 Å². The summed E-state index contributed by atoms with van der Waals surface area (Å²) in [6.07, 6.45) is 1.43. The van der Waals surface area contributed by atoms with Crippen molar-refractivity contribution in [3.05, 3.63) is 49.9 Å². The molecule has 2 aromatic rings. The van der Waals surface area contributed by atoms with E-state index in [0.717, 1.165) is 0 Å². The summed E-state index contributed by atoms with van der Waals surface area (Å²) in [5.74, 6) is 0. The third kappa shape index (κ3) is 2.60. The van der Waals surface area contributed by atoms with Crippen LogP contribution in [0, 0.1) is 6.92 Å². The zero-order valence-corrected chi connectivity index (χ0v) is 10.3. The van der Waals surface area contributed by atoms with Crippen molar-refractivity contribution in [1.29, 1.82) is 0 Å². The Bertz CT molecular complexity index is 629. The topological polar surface area (TPSA) is 58.4 Å². The first-order chi connectivity index (χ1) is 8.08. The van der Waals surface area contributed by atoms with Gasteiger partial charge in [-0.1, -0.05) is 23.2 Å². The van der Waals surface area contributed by atoms with Gasteiger partial charge in [-0.25, -0.2) is 9.95 Å². The highest BCUT2D eigenvalue weighted by atomic mass is 35.5. The van der Waals surface area contributed by atoms with Crippen molar-refractivity contribution in [3.8, 4) is 0 Å². The van der Waals surface area contributed by atoms with E-state index in [4.69, 9.17) is 23.2 Å². The number of aryl methyl sites for hydroxylation is 1. The van der Waals surface area contributed by atoms with Gasteiger partial charge in [-0.2, -0.15) is 0 Å². The van der Waals surface area contributed by atoms with Gasteiger partial charge < -0.3 is 4.52 Å². The monoisotopic (exact) mass is 270 g/mol. The number of hydrogen-bond acceptors (Lipinski definition) is 3. The van der Waals surface area contributed by atoms with Crippen LogP contribution in [0.1, 0.15) is 11.3 Å². The van der Waals surface area contributed by atoms with Crippen molar-refractivity contribution in [2.24, 2.45) is 4.99 Å². The number of benzene rings is 1. The molecule has 0 spiro atoms. The van der Waals surface area contributed by atoms with Crippen LogP contribution in [0.4, 0.5) is 5.69 Å². The molecule has 0 unspecified atom stereocenters. The molecule has 0 aliphatic rings. The van der Waals surface area contributed by atoms with Crippen LogP contribution in [0.15, 0.2) is 32.5 Å². The molecule has 2 rings (SSSR count). The molecule has 1 heterocycles. The van der Waals surface area contributed by atoms with Gasteiger partial charge in [-0.05, 0) is 25.1 Å². The number of H-pyrrole nitrogens is 1. The summed E-state index contributed by atoms with van der Waals surface area (Å²) in [5.41, 5.74) is 1.17. The minimum Gasteiger partial charge on any atom is -0.338 e. The lowest BCUT2D eigenvalue weighted by Crippen LogP contribution is -2.00. The molecule has 0 fully saturated rings. The average Bonchev–Trinajstić information content (AvgIpc) is 2.61. The predicted octanol–water partition coefficient (Wildman–Crippen LogP) is 3.33. The summed E-state index contributed by atoms with van der Waals surface area (Å²) in [5, 5.41) is 3.34. The van der Waals surface area contributed by atoms with Crippen molar-refractivity contribution >= 4 is 35.1 Å². The molecule has 6 heteroatoms. The molecular formula is C11H8Cl2N2O2. The summed E-state index contributed by atoms with van der Waals surface area (Å²) >= 11 is 11.6. The molecule has 0 aliphatic heterocycles. The number of rotatable bonds is 2. The Kier molecular flexibility index (Phi) is 3.36. The van der Waals surface area contributed by atoms with E-state index < -0.39 is 5.63 Å². The fourth-order valence-corrected chi connectivity index (χ4v) is 1.53. The number of nitrogens with one attached hydrogen (secondary N) is 1. The fraction of sp³-hybridized carbons (Fsp3) is 0.0909. The molecule has 0 saturated carbocycles. The van der Waals surface area contributed by atoms with E-state index >= 15 is 0 Å². The van der Waals surface area contributed by atoms with E-state index in [1.165, 1.54) is 6.21 Å². The number of hydrogen-bond donors (Lipinski definition) is 1. The van der Waals surface area contributed by atoms with E-state index in [2.05, 4.69) is 14.7 Å². The van der Waals surface area contributed by atoms with Crippen LogP contribution in [-0.4, -0.2) is 11.4 Å². The standard InChI is InChI=1S/C11H8Cl2N2O2/c1-6-8(11(16)17-15-6)5-14-7-2-3-9(12)10(13)4-7/h2-5,15H,1H3. The fourth-order valence-electron chi connectivity index (χ4n) is 1.24. The van der Waals surface area contributed by atoms with Crippen LogP contribution in [0.2, 0.25) is 10.0 Å². The van der Waals surface area contributed by atoms with Crippen molar-refractivity contribution in [1.82, 2.24) is 5.16 Å². The largest absolute Gasteiger partial charge is 0.366 e. The van der Waals surface area contributed by atoms with Gasteiger partial charge in [0.05, 0.1) is 21.4 Å². The lowest BCUT2D eigenvalue weighted by molar-refractivity contribution is 0.387. The van der Waals surface area contributed by atoms with Crippen LogP contribution < -0.4 is 5.63 Å². The highest BCUT2D eigenvalue weighted by Gasteiger charge is 2.05. The molecule has 0 amide bonds. The van der Waals surface area contributed by atoms with Gasteiger partial charge in [0, 0.05) is 6.21 Å². The molecule has 1 aromatic heterocycles. The number of aliphatic imine (C=N–C) groups is 1. The lowest BCUT2D eigenvalue weighted by Gasteiger charge is -1.96. The van der Waals surface area contributed by atoms with Gasteiger partial charge in [0.15, 0.2) is 0 Å². The number of halogens is 2. The molecule has 0 aliphatic carbocycles. The van der Waals surface area contributed by atoms with E-state index in [9.17, 15) is 4.79 Å². The Hall–Kier alpha value is -1.52. The minimum absolute atomic E-state index is 0.385. The molecule has 0 atom stereocenters. The van der Waals surface area contributed by atoms with Gasteiger partial charge in [0.1, 0.15) is 5.56 Å². The SMILES string of the molecule is Cc1[nH]oc(=O)c1C=Nc1ccc(Cl)c(Cl)c1. The number of nitrogens with zero attached hydrogens (tertiary/aromatic N) is 1.